The summed E-state index contributed by atoms with van der Waals surface area (Å²) >= 11 is 3.47. The molecule has 0 heterocycles. The van der Waals surface area contributed by atoms with Crippen molar-refractivity contribution in [1.82, 2.24) is 0 Å². The van der Waals surface area contributed by atoms with Gasteiger partial charge in [-0.2, -0.15) is 0 Å². The van der Waals surface area contributed by atoms with Crippen molar-refractivity contribution in [3.8, 4) is 0 Å². The van der Waals surface area contributed by atoms with Gasteiger partial charge in [-0.15, -0.1) is 0 Å². The lowest BCUT2D eigenvalue weighted by Crippen LogP contribution is -2.18. The predicted molar refractivity (Wildman–Crippen MR) is 67.0 cm³/mol. The zero-order chi connectivity index (χ0) is 11.1. The minimum Gasteiger partial charge on any atom is -0.397 e. The van der Waals surface area contributed by atoms with Crippen LogP contribution in [-0.4, -0.2) is 23.5 Å². The average Bonchev–Trinajstić information content (AvgIpc) is 2.25. The Hall–Kier alpha value is -0.163. The molecule has 0 aromatic heterocycles. The van der Waals surface area contributed by atoms with Crippen LogP contribution in [0.3, 0.4) is 0 Å². The number of benzene rings is 1. The summed E-state index contributed by atoms with van der Waals surface area (Å²) < 4.78 is 11.6. The topological polar surface area (TPSA) is 18.5 Å². The highest BCUT2D eigenvalue weighted by Gasteiger charge is 2.10. The highest BCUT2D eigenvalue weighted by atomic mass is 79.9. The molecule has 0 N–H and O–H groups in total. The fraction of sp³-hybridized carbons (Fsp3) is 0.455. The van der Waals surface area contributed by atoms with Gasteiger partial charge in [-0.1, -0.05) is 28.1 Å². The first kappa shape index (κ1) is 12.9. The van der Waals surface area contributed by atoms with Crippen molar-refractivity contribution in [3.05, 3.63) is 34.3 Å². The highest BCUT2D eigenvalue weighted by molar-refractivity contribution is 9.10. The molecule has 0 aliphatic rings. The summed E-state index contributed by atoms with van der Waals surface area (Å²) in [6, 6.07) is 9.45. The van der Waals surface area contributed by atoms with Crippen LogP contribution in [0, 0.1) is 0 Å². The van der Waals surface area contributed by atoms with Crippen LogP contribution in [-0.2, 0) is 15.3 Å². The van der Waals surface area contributed by atoms with Gasteiger partial charge in [-0.25, -0.2) is 0 Å². The SMILES string of the molecule is CO[Si](CCCc1cccc(Br)c1)OC. The largest absolute Gasteiger partial charge is 0.397 e. The van der Waals surface area contributed by atoms with Crippen molar-refractivity contribution in [3.63, 3.8) is 0 Å². The van der Waals surface area contributed by atoms with E-state index in [1.54, 1.807) is 14.2 Å². The van der Waals surface area contributed by atoms with E-state index in [2.05, 4.69) is 34.1 Å². The fourth-order valence-corrected chi connectivity index (χ4v) is 2.90. The van der Waals surface area contributed by atoms with E-state index in [-0.39, 0.29) is 0 Å². The number of rotatable bonds is 6. The van der Waals surface area contributed by atoms with E-state index in [0.29, 0.717) is 0 Å². The van der Waals surface area contributed by atoms with Gasteiger partial charge in [0, 0.05) is 18.7 Å². The van der Waals surface area contributed by atoms with Crippen molar-refractivity contribution >= 4 is 25.2 Å². The summed E-state index contributed by atoms with van der Waals surface area (Å²) in [4.78, 5) is 0. The van der Waals surface area contributed by atoms with E-state index in [4.69, 9.17) is 8.85 Å². The number of aryl methyl sites for hydroxylation is 1. The molecule has 2 nitrogen and oxygen atoms in total. The molecule has 1 rings (SSSR count). The van der Waals surface area contributed by atoms with Gasteiger partial charge in [-0.05, 0) is 36.6 Å². The second-order valence-corrected chi connectivity index (χ2v) is 6.24. The molecule has 0 bridgehead atoms. The smallest absolute Gasteiger partial charge is 0.384 e. The molecule has 83 valence electrons. The number of hydrogen-bond acceptors (Lipinski definition) is 2. The molecule has 0 atom stereocenters. The molecule has 0 aliphatic heterocycles. The Morgan fingerprint density at radius 2 is 2.00 bits per heavy atom. The van der Waals surface area contributed by atoms with Crippen LogP contribution in [0.15, 0.2) is 28.7 Å². The lowest BCUT2D eigenvalue weighted by Gasteiger charge is -2.08. The second-order valence-electron chi connectivity index (χ2n) is 3.26. The van der Waals surface area contributed by atoms with Crippen LogP contribution >= 0.6 is 15.9 Å². The number of hydrogen-bond donors (Lipinski definition) is 0. The molecule has 0 saturated carbocycles. The molecule has 0 unspecified atom stereocenters. The van der Waals surface area contributed by atoms with Gasteiger partial charge in [0.15, 0.2) is 0 Å². The van der Waals surface area contributed by atoms with E-state index in [0.717, 1.165) is 23.4 Å². The van der Waals surface area contributed by atoms with Gasteiger partial charge < -0.3 is 8.85 Å². The van der Waals surface area contributed by atoms with Crippen LogP contribution in [0.5, 0.6) is 0 Å². The van der Waals surface area contributed by atoms with Crippen molar-refractivity contribution in [2.75, 3.05) is 14.2 Å². The second kappa shape index (κ2) is 7.17. The molecule has 0 fully saturated rings. The highest BCUT2D eigenvalue weighted by Crippen LogP contribution is 2.14. The van der Waals surface area contributed by atoms with E-state index < -0.39 is 9.28 Å². The molecule has 1 aromatic carbocycles. The monoisotopic (exact) mass is 287 g/mol. The molecule has 1 radical (unpaired) electrons. The quantitative estimate of drug-likeness (QED) is 0.749. The van der Waals surface area contributed by atoms with Crippen LogP contribution in [0.25, 0.3) is 0 Å². The zero-order valence-electron chi connectivity index (χ0n) is 9.13. The van der Waals surface area contributed by atoms with Crippen molar-refractivity contribution in [2.24, 2.45) is 0 Å². The molecule has 0 aliphatic carbocycles. The van der Waals surface area contributed by atoms with Gasteiger partial charge in [0.1, 0.15) is 0 Å². The third-order valence-corrected chi connectivity index (χ3v) is 4.36. The maximum atomic E-state index is 5.23. The lowest BCUT2D eigenvalue weighted by molar-refractivity contribution is 0.276. The Balaban J connectivity index is 2.31. The molecular weight excluding hydrogens is 272 g/mol. The molecular formula is C11H16BrO2Si. The number of halogens is 1. The average molecular weight is 288 g/mol. The predicted octanol–water partition coefficient (Wildman–Crippen LogP) is 3.16. The van der Waals surface area contributed by atoms with Gasteiger partial charge in [0.2, 0.25) is 0 Å². The van der Waals surface area contributed by atoms with Crippen LogP contribution in [0.4, 0.5) is 0 Å². The van der Waals surface area contributed by atoms with Gasteiger partial charge in [0.05, 0.1) is 0 Å². The molecule has 0 amide bonds. The molecule has 1 aromatic rings. The Labute approximate surface area is 102 Å². The van der Waals surface area contributed by atoms with E-state index in [1.165, 1.54) is 5.56 Å². The van der Waals surface area contributed by atoms with Gasteiger partial charge >= 0.3 is 9.28 Å². The summed E-state index contributed by atoms with van der Waals surface area (Å²) in [6.07, 6.45) is 2.20. The standard InChI is InChI=1S/C11H16BrO2Si/c1-13-15(14-2)8-4-6-10-5-3-7-11(12)9-10/h3,5,7,9H,4,6,8H2,1-2H3. The fourth-order valence-electron chi connectivity index (χ4n) is 1.42. The van der Waals surface area contributed by atoms with E-state index >= 15 is 0 Å². The Morgan fingerprint density at radius 3 is 2.60 bits per heavy atom. The van der Waals surface area contributed by atoms with E-state index in [9.17, 15) is 0 Å². The molecule has 15 heavy (non-hydrogen) atoms. The normalized spacial score (nSPS) is 10.9. The van der Waals surface area contributed by atoms with E-state index in [1.807, 2.05) is 6.07 Å². The first-order valence-electron chi connectivity index (χ1n) is 4.94. The third kappa shape index (κ3) is 4.93. The maximum Gasteiger partial charge on any atom is 0.384 e. The minimum atomic E-state index is -1.01. The summed E-state index contributed by atoms with van der Waals surface area (Å²) in [5.41, 5.74) is 1.36. The van der Waals surface area contributed by atoms with Crippen LogP contribution < -0.4 is 0 Å². The molecule has 4 heteroatoms. The van der Waals surface area contributed by atoms with Crippen LogP contribution in [0.1, 0.15) is 12.0 Å². The van der Waals surface area contributed by atoms with Crippen molar-refractivity contribution < 1.29 is 8.85 Å². The molecule has 0 saturated heterocycles. The summed E-state index contributed by atoms with van der Waals surface area (Å²) in [6.45, 7) is 0. The molecule has 0 spiro atoms. The first-order chi connectivity index (χ1) is 7.26. The summed E-state index contributed by atoms with van der Waals surface area (Å²) in [5, 5.41) is 0. The minimum absolute atomic E-state index is 1.01. The maximum absolute atomic E-state index is 5.23. The summed E-state index contributed by atoms with van der Waals surface area (Å²) in [5.74, 6) is 0. The first-order valence-corrected chi connectivity index (χ1v) is 7.26. The van der Waals surface area contributed by atoms with Gasteiger partial charge in [-0.3, -0.25) is 0 Å². The Kier molecular flexibility index (Phi) is 6.17. The summed E-state index contributed by atoms with van der Waals surface area (Å²) in [7, 11) is 2.42. The van der Waals surface area contributed by atoms with Crippen molar-refractivity contribution in [2.45, 2.75) is 18.9 Å². The Bertz CT molecular complexity index is 290. The van der Waals surface area contributed by atoms with Crippen LogP contribution in [0.2, 0.25) is 6.04 Å². The van der Waals surface area contributed by atoms with Crippen molar-refractivity contribution in [1.29, 1.82) is 0 Å². The van der Waals surface area contributed by atoms with Gasteiger partial charge in [0.25, 0.3) is 0 Å². The lowest BCUT2D eigenvalue weighted by atomic mass is 10.1. The Morgan fingerprint density at radius 1 is 1.27 bits per heavy atom. The zero-order valence-corrected chi connectivity index (χ0v) is 11.7. The third-order valence-electron chi connectivity index (χ3n) is 2.19.